The average Bonchev–Trinajstić information content (AvgIpc) is 3.46. The second kappa shape index (κ2) is 17.7. The zero-order valence-electron chi connectivity index (χ0n) is 23.4. The van der Waals surface area contributed by atoms with Gasteiger partial charge in [0.2, 0.25) is 11.8 Å². The van der Waals surface area contributed by atoms with Crippen molar-refractivity contribution in [3.8, 4) is 0 Å². The summed E-state index contributed by atoms with van der Waals surface area (Å²) in [6.07, 6.45) is 3.41. The van der Waals surface area contributed by atoms with E-state index in [2.05, 4.69) is 23.0 Å². The van der Waals surface area contributed by atoms with E-state index in [1.54, 1.807) is 23.6 Å². The van der Waals surface area contributed by atoms with E-state index in [0.717, 1.165) is 12.8 Å². The van der Waals surface area contributed by atoms with Crippen molar-refractivity contribution in [3.63, 3.8) is 0 Å². The number of nitrogens with zero attached hydrogens (tertiary/aromatic N) is 4. The van der Waals surface area contributed by atoms with Crippen molar-refractivity contribution < 1.29 is 19.8 Å². The van der Waals surface area contributed by atoms with Crippen molar-refractivity contribution in [3.05, 3.63) is 25.3 Å². The number of carbonyl (C=O) groups excluding carboxylic acids is 2. The number of amides is 2. The maximum absolute atomic E-state index is 11.6. The topological polar surface area (TPSA) is 87.6 Å². The van der Waals surface area contributed by atoms with E-state index < -0.39 is 12.2 Å². The number of aliphatic hydroxyl groups excluding tert-OH is 2. The predicted octanol–water partition coefficient (Wildman–Crippen LogP) is 2.22. The lowest BCUT2D eigenvalue weighted by atomic mass is 10.0. The molecule has 2 amide bonds. The van der Waals surface area contributed by atoms with E-state index in [-0.39, 0.29) is 36.0 Å². The Balaban J connectivity index is 0. The lowest BCUT2D eigenvalue weighted by Gasteiger charge is -2.32. The SMILES string of the molecule is C=CC(=O)N1CCC(N(C)C)C1C(C)O.C=CC(=O)N1CCC(N(C)C)C1C(C)O.CC.CC. The number of carbonyl (C=O) groups is 2. The van der Waals surface area contributed by atoms with Crippen LogP contribution in [0.3, 0.4) is 0 Å². The Morgan fingerprint density at radius 1 is 0.765 bits per heavy atom. The minimum absolute atomic E-state index is 0.0924. The van der Waals surface area contributed by atoms with Crippen LogP contribution in [0.4, 0.5) is 0 Å². The Hall–Kier alpha value is -1.74. The fraction of sp³-hybridized carbons (Fsp3) is 0.769. The highest BCUT2D eigenvalue weighted by Crippen LogP contribution is 2.25. The molecule has 2 aliphatic rings. The molecule has 0 spiro atoms. The van der Waals surface area contributed by atoms with Gasteiger partial charge in [-0.3, -0.25) is 9.59 Å². The van der Waals surface area contributed by atoms with Crippen molar-refractivity contribution >= 4 is 11.8 Å². The first-order chi connectivity index (χ1) is 16.0. The molecule has 34 heavy (non-hydrogen) atoms. The van der Waals surface area contributed by atoms with E-state index in [0.29, 0.717) is 13.1 Å². The van der Waals surface area contributed by atoms with Crippen molar-refractivity contribution in [2.75, 3.05) is 41.3 Å². The third-order valence-electron chi connectivity index (χ3n) is 6.07. The van der Waals surface area contributed by atoms with Crippen molar-refractivity contribution in [2.24, 2.45) is 0 Å². The smallest absolute Gasteiger partial charge is 0.246 e. The number of likely N-dealkylation sites (N-methyl/N-ethyl adjacent to an activating group) is 2. The van der Waals surface area contributed by atoms with E-state index in [9.17, 15) is 19.8 Å². The summed E-state index contributed by atoms with van der Waals surface area (Å²) in [5.41, 5.74) is 0. The second-order valence-corrected chi connectivity index (χ2v) is 8.57. The Morgan fingerprint density at radius 2 is 1.03 bits per heavy atom. The van der Waals surface area contributed by atoms with Crippen molar-refractivity contribution in [2.45, 2.75) is 90.8 Å². The number of hydrogen-bond donors (Lipinski definition) is 2. The molecule has 2 rings (SSSR count). The van der Waals surface area contributed by atoms with Gasteiger partial charge in [-0.15, -0.1) is 0 Å². The first-order valence-corrected chi connectivity index (χ1v) is 12.5. The lowest BCUT2D eigenvalue weighted by Crippen LogP contribution is -2.49. The molecule has 6 atom stereocenters. The summed E-state index contributed by atoms with van der Waals surface area (Å²) < 4.78 is 0. The van der Waals surface area contributed by atoms with Gasteiger partial charge in [-0.1, -0.05) is 40.9 Å². The fourth-order valence-corrected chi connectivity index (χ4v) is 4.64. The van der Waals surface area contributed by atoms with E-state index in [1.807, 2.05) is 55.9 Å². The minimum atomic E-state index is -0.510. The van der Waals surface area contributed by atoms with Gasteiger partial charge in [-0.25, -0.2) is 0 Å². The molecule has 0 aliphatic carbocycles. The maximum atomic E-state index is 11.6. The van der Waals surface area contributed by atoms with Crippen LogP contribution in [0.5, 0.6) is 0 Å². The van der Waals surface area contributed by atoms with Crippen LogP contribution in [-0.4, -0.2) is 119 Å². The first kappa shape index (κ1) is 34.4. The lowest BCUT2D eigenvalue weighted by molar-refractivity contribution is -0.130. The van der Waals surface area contributed by atoms with Gasteiger partial charge in [0.15, 0.2) is 0 Å². The normalized spacial score (nSPS) is 25.2. The van der Waals surface area contributed by atoms with E-state index in [1.165, 1.54) is 12.2 Å². The highest BCUT2D eigenvalue weighted by Gasteiger charge is 2.41. The Morgan fingerprint density at radius 3 is 1.21 bits per heavy atom. The number of likely N-dealkylation sites (tertiary alicyclic amines) is 2. The van der Waals surface area contributed by atoms with Gasteiger partial charge in [0.1, 0.15) is 0 Å². The van der Waals surface area contributed by atoms with Crippen LogP contribution in [0.1, 0.15) is 54.4 Å². The molecule has 8 nitrogen and oxygen atoms in total. The van der Waals surface area contributed by atoms with Gasteiger partial charge < -0.3 is 29.8 Å². The molecular weight excluding hydrogens is 432 g/mol. The molecule has 0 aromatic carbocycles. The Kier molecular flexibility index (Phi) is 17.9. The van der Waals surface area contributed by atoms with Gasteiger partial charge in [0.25, 0.3) is 0 Å². The molecule has 2 aliphatic heterocycles. The summed E-state index contributed by atoms with van der Waals surface area (Å²) in [5.74, 6) is -0.185. The van der Waals surface area contributed by atoms with Gasteiger partial charge in [0.05, 0.1) is 24.3 Å². The van der Waals surface area contributed by atoms with E-state index in [4.69, 9.17) is 0 Å². The summed E-state index contributed by atoms with van der Waals surface area (Å²) in [4.78, 5) is 30.7. The molecule has 2 saturated heterocycles. The molecule has 2 N–H and O–H groups in total. The number of hydrogen-bond acceptors (Lipinski definition) is 6. The highest BCUT2D eigenvalue weighted by atomic mass is 16.3. The molecule has 2 fully saturated rings. The standard InChI is InChI=1S/2C11H20N2O2.2C2H6/c2*1-5-10(15)13-7-6-9(12(3)4)11(13)8(2)14;2*1-2/h2*5,8-9,11,14H,1,6-7H2,2-4H3;2*1-2H3. The van der Waals surface area contributed by atoms with Crippen LogP contribution in [0, 0.1) is 0 Å². The molecule has 8 heteroatoms. The summed E-state index contributed by atoms with van der Waals surface area (Å²) in [6.45, 7) is 19.8. The van der Waals surface area contributed by atoms with Crippen LogP contribution in [0.2, 0.25) is 0 Å². The molecule has 0 aromatic rings. The van der Waals surface area contributed by atoms with Gasteiger partial charge in [0, 0.05) is 25.2 Å². The first-order valence-electron chi connectivity index (χ1n) is 12.5. The predicted molar refractivity (Wildman–Crippen MR) is 142 cm³/mol. The highest BCUT2D eigenvalue weighted by molar-refractivity contribution is 5.88. The molecule has 200 valence electrons. The zero-order valence-corrected chi connectivity index (χ0v) is 23.4. The van der Waals surface area contributed by atoms with Crippen LogP contribution in [0.15, 0.2) is 25.3 Å². The number of rotatable bonds is 6. The van der Waals surface area contributed by atoms with Crippen molar-refractivity contribution in [1.29, 1.82) is 0 Å². The zero-order chi connectivity index (χ0) is 27.2. The molecular formula is C26H52N4O4. The molecule has 0 saturated carbocycles. The summed E-state index contributed by atoms with van der Waals surface area (Å²) in [7, 11) is 7.90. The summed E-state index contributed by atoms with van der Waals surface area (Å²) in [6, 6.07) is 0.221. The Labute approximate surface area is 208 Å². The Bertz CT molecular complexity index is 556. The molecule has 0 aromatic heterocycles. The van der Waals surface area contributed by atoms with Crippen LogP contribution < -0.4 is 0 Å². The fourth-order valence-electron chi connectivity index (χ4n) is 4.64. The quantitative estimate of drug-likeness (QED) is 0.562. The monoisotopic (exact) mass is 484 g/mol. The molecule has 6 unspecified atom stereocenters. The molecule has 2 heterocycles. The van der Waals surface area contributed by atoms with Gasteiger partial charge in [-0.05, 0) is 67.0 Å². The van der Waals surface area contributed by atoms with Crippen molar-refractivity contribution in [1.82, 2.24) is 19.6 Å². The third-order valence-corrected chi connectivity index (χ3v) is 6.07. The largest absolute Gasteiger partial charge is 0.391 e. The van der Waals surface area contributed by atoms with Crippen LogP contribution >= 0.6 is 0 Å². The maximum Gasteiger partial charge on any atom is 0.246 e. The third kappa shape index (κ3) is 9.49. The van der Waals surface area contributed by atoms with Crippen LogP contribution in [0.25, 0.3) is 0 Å². The second-order valence-electron chi connectivity index (χ2n) is 8.57. The van der Waals surface area contributed by atoms with Crippen LogP contribution in [-0.2, 0) is 9.59 Å². The number of aliphatic hydroxyl groups is 2. The summed E-state index contributed by atoms with van der Waals surface area (Å²) in [5, 5.41) is 19.5. The van der Waals surface area contributed by atoms with E-state index >= 15 is 0 Å². The molecule has 0 radical (unpaired) electrons. The molecule has 0 bridgehead atoms. The van der Waals surface area contributed by atoms with Gasteiger partial charge in [-0.2, -0.15) is 0 Å². The average molecular weight is 485 g/mol. The van der Waals surface area contributed by atoms with Gasteiger partial charge >= 0.3 is 0 Å². The summed E-state index contributed by atoms with van der Waals surface area (Å²) >= 11 is 0. The minimum Gasteiger partial charge on any atom is -0.391 e.